The zero-order valence-electron chi connectivity index (χ0n) is 13.7. The Labute approximate surface area is 145 Å². The summed E-state index contributed by atoms with van der Waals surface area (Å²) in [5, 5.41) is 26.3. The molecule has 2 atom stereocenters. The van der Waals surface area contributed by atoms with Gasteiger partial charge in [-0.15, -0.1) is 5.10 Å². The first kappa shape index (κ1) is 17.3. The van der Waals surface area contributed by atoms with E-state index in [1.54, 1.807) is 10.9 Å². The van der Waals surface area contributed by atoms with Crippen LogP contribution in [-0.4, -0.2) is 55.3 Å². The summed E-state index contributed by atoms with van der Waals surface area (Å²) in [5.74, 6) is -0.621. The molecule has 8 nitrogen and oxygen atoms in total. The van der Waals surface area contributed by atoms with Gasteiger partial charge in [0.1, 0.15) is 5.69 Å². The Kier molecular flexibility index (Phi) is 5.54. The molecule has 0 spiro atoms. The SMILES string of the molecule is O=C(/C=C/c1cn([C@H]2C[C@@H](CO)N(Cc3ccccc3)C2)nn1)NO. The number of hydrogen-bond donors (Lipinski definition) is 3. The second-order valence-electron chi connectivity index (χ2n) is 6.07. The quantitative estimate of drug-likeness (QED) is 0.403. The van der Waals surface area contributed by atoms with Crippen LogP contribution in [0.1, 0.15) is 23.7 Å². The highest BCUT2D eigenvalue weighted by Crippen LogP contribution is 2.28. The molecule has 0 bridgehead atoms. The minimum atomic E-state index is -0.621. The highest BCUT2D eigenvalue weighted by Gasteiger charge is 2.33. The number of aromatic nitrogens is 3. The highest BCUT2D eigenvalue weighted by molar-refractivity contribution is 5.90. The standard InChI is InChI=1S/C17H21N5O3/c23-12-16-8-15(11-21(16)9-13-4-2-1-3-5-13)22-10-14(18-20-22)6-7-17(24)19-25/h1-7,10,15-16,23,25H,8-9,11-12H2,(H,19,24)/b7-6+/t15-,16-/m0/s1. The predicted molar refractivity (Wildman–Crippen MR) is 90.4 cm³/mol. The van der Waals surface area contributed by atoms with Gasteiger partial charge in [0.25, 0.3) is 5.91 Å². The molecule has 25 heavy (non-hydrogen) atoms. The summed E-state index contributed by atoms with van der Waals surface area (Å²) >= 11 is 0. The minimum absolute atomic E-state index is 0.0774. The Hall–Kier alpha value is -2.55. The van der Waals surface area contributed by atoms with E-state index in [0.717, 1.165) is 19.5 Å². The molecule has 1 aromatic heterocycles. The van der Waals surface area contributed by atoms with Crippen molar-refractivity contribution in [3.63, 3.8) is 0 Å². The summed E-state index contributed by atoms with van der Waals surface area (Å²) in [7, 11) is 0. The average molecular weight is 343 g/mol. The molecule has 2 heterocycles. The molecule has 1 amide bonds. The zero-order chi connectivity index (χ0) is 17.6. The van der Waals surface area contributed by atoms with Crippen LogP contribution >= 0.6 is 0 Å². The van der Waals surface area contributed by atoms with E-state index in [-0.39, 0.29) is 18.7 Å². The third-order valence-corrected chi connectivity index (χ3v) is 4.36. The molecule has 1 fully saturated rings. The van der Waals surface area contributed by atoms with Gasteiger partial charge in [-0.05, 0) is 18.1 Å². The smallest absolute Gasteiger partial charge is 0.267 e. The number of amides is 1. The second-order valence-corrected chi connectivity index (χ2v) is 6.07. The third-order valence-electron chi connectivity index (χ3n) is 4.36. The normalized spacial score (nSPS) is 21.0. The number of likely N-dealkylation sites (tertiary alicyclic amines) is 1. The molecule has 1 aliphatic heterocycles. The van der Waals surface area contributed by atoms with Gasteiger partial charge < -0.3 is 5.11 Å². The van der Waals surface area contributed by atoms with Crippen LogP contribution in [0.3, 0.4) is 0 Å². The van der Waals surface area contributed by atoms with Gasteiger partial charge in [-0.3, -0.25) is 14.9 Å². The van der Waals surface area contributed by atoms with Crippen LogP contribution in [-0.2, 0) is 11.3 Å². The van der Waals surface area contributed by atoms with E-state index in [1.165, 1.54) is 23.2 Å². The van der Waals surface area contributed by atoms with Gasteiger partial charge in [0.15, 0.2) is 0 Å². The van der Waals surface area contributed by atoms with Crippen LogP contribution in [0.2, 0.25) is 0 Å². The van der Waals surface area contributed by atoms with E-state index in [1.807, 2.05) is 18.2 Å². The topological polar surface area (TPSA) is 104 Å². The summed E-state index contributed by atoms with van der Waals surface area (Å²) in [6.07, 6.45) is 5.20. The molecule has 2 aromatic rings. The van der Waals surface area contributed by atoms with E-state index in [0.29, 0.717) is 5.69 Å². The van der Waals surface area contributed by atoms with Crippen LogP contribution in [0.4, 0.5) is 0 Å². The van der Waals surface area contributed by atoms with Crippen molar-refractivity contribution in [1.29, 1.82) is 0 Å². The van der Waals surface area contributed by atoms with Crippen LogP contribution in [0, 0.1) is 0 Å². The van der Waals surface area contributed by atoms with Crippen molar-refractivity contribution in [3.8, 4) is 0 Å². The molecule has 0 unspecified atom stereocenters. The molecule has 1 saturated heterocycles. The van der Waals surface area contributed by atoms with Crippen molar-refractivity contribution >= 4 is 12.0 Å². The van der Waals surface area contributed by atoms with Crippen molar-refractivity contribution in [2.75, 3.05) is 13.2 Å². The van der Waals surface area contributed by atoms with E-state index < -0.39 is 5.91 Å². The summed E-state index contributed by atoms with van der Waals surface area (Å²) in [4.78, 5) is 13.3. The monoisotopic (exact) mass is 343 g/mol. The van der Waals surface area contributed by atoms with E-state index in [9.17, 15) is 9.90 Å². The molecule has 8 heteroatoms. The van der Waals surface area contributed by atoms with Gasteiger partial charge in [0.05, 0.1) is 18.8 Å². The number of nitrogens with zero attached hydrogens (tertiary/aromatic N) is 4. The summed E-state index contributed by atoms with van der Waals surface area (Å²) in [6.45, 7) is 1.64. The minimum Gasteiger partial charge on any atom is -0.395 e. The molecule has 0 radical (unpaired) electrons. The van der Waals surface area contributed by atoms with Crippen molar-refractivity contribution in [2.45, 2.75) is 25.0 Å². The van der Waals surface area contributed by atoms with Gasteiger partial charge in [-0.25, -0.2) is 10.2 Å². The number of nitrogens with one attached hydrogen (secondary N) is 1. The summed E-state index contributed by atoms with van der Waals surface area (Å²) < 4.78 is 1.77. The van der Waals surface area contributed by atoms with Crippen LogP contribution in [0.25, 0.3) is 6.08 Å². The van der Waals surface area contributed by atoms with E-state index in [2.05, 4.69) is 27.3 Å². The first-order chi connectivity index (χ1) is 12.2. The van der Waals surface area contributed by atoms with Crippen LogP contribution in [0.15, 0.2) is 42.6 Å². The van der Waals surface area contributed by atoms with Gasteiger partial charge in [-0.2, -0.15) is 0 Å². The molecule has 0 aliphatic carbocycles. The van der Waals surface area contributed by atoms with Gasteiger partial charge in [0.2, 0.25) is 0 Å². The average Bonchev–Trinajstić information content (AvgIpc) is 3.27. The van der Waals surface area contributed by atoms with Crippen molar-refractivity contribution in [1.82, 2.24) is 25.4 Å². The van der Waals surface area contributed by atoms with Gasteiger partial charge in [0, 0.05) is 25.2 Å². The summed E-state index contributed by atoms with van der Waals surface area (Å²) in [6, 6.07) is 10.3. The first-order valence-electron chi connectivity index (χ1n) is 8.12. The number of carbonyl (C=O) groups excluding carboxylic acids is 1. The lowest BCUT2D eigenvalue weighted by Gasteiger charge is -2.22. The fourth-order valence-electron chi connectivity index (χ4n) is 3.09. The van der Waals surface area contributed by atoms with Crippen molar-refractivity contribution in [3.05, 3.63) is 53.9 Å². The fraction of sp³-hybridized carbons (Fsp3) is 0.353. The fourth-order valence-corrected chi connectivity index (χ4v) is 3.09. The van der Waals surface area contributed by atoms with Crippen molar-refractivity contribution < 1.29 is 15.1 Å². The maximum atomic E-state index is 11.0. The lowest BCUT2D eigenvalue weighted by Crippen LogP contribution is -2.31. The first-order valence-corrected chi connectivity index (χ1v) is 8.12. The van der Waals surface area contributed by atoms with Crippen molar-refractivity contribution in [2.24, 2.45) is 0 Å². The lowest BCUT2D eigenvalue weighted by molar-refractivity contribution is -0.124. The Morgan fingerprint density at radius 3 is 2.88 bits per heavy atom. The second kappa shape index (κ2) is 8.02. The Morgan fingerprint density at radius 2 is 2.16 bits per heavy atom. The van der Waals surface area contributed by atoms with Crippen LogP contribution < -0.4 is 5.48 Å². The number of aliphatic hydroxyl groups excluding tert-OH is 1. The lowest BCUT2D eigenvalue weighted by atomic mass is 10.1. The van der Waals surface area contributed by atoms with E-state index in [4.69, 9.17) is 5.21 Å². The number of aliphatic hydroxyl groups is 1. The maximum Gasteiger partial charge on any atom is 0.267 e. The van der Waals surface area contributed by atoms with E-state index >= 15 is 0 Å². The van der Waals surface area contributed by atoms with Gasteiger partial charge in [-0.1, -0.05) is 35.5 Å². The molecular weight excluding hydrogens is 322 g/mol. The predicted octanol–water partition coefficient (Wildman–Crippen LogP) is 0.605. The Morgan fingerprint density at radius 1 is 1.36 bits per heavy atom. The molecule has 1 aliphatic rings. The molecule has 1 aromatic carbocycles. The number of benzene rings is 1. The van der Waals surface area contributed by atoms with Gasteiger partial charge >= 0.3 is 0 Å². The number of hydroxylamine groups is 1. The molecule has 3 N–H and O–H groups in total. The highest BCUT2D eigenvalue weighted by atomic mass is 16.5. The number of rotatable bonds is 6. The largest absolute Gasteiger partial charge is 0.395 e. The maximum absolute atomic E-state index is 11.0. The molecule has 132 valence electrons. The Balaban J connectivity index is 1.66. The Bertz CT molecular complexity index is 731. The zero-order valence-corrected chi connectivity index (χ0v) is 13.7. The number of carbonyl (C=O) groups is 1. The number of hydrogen-bond acceptors (Lipinski definition) is 6. The van der Waals surface area contributed by atoms with Crippen LogP contribution in [0.5, 0.6) is 0 Å². The molecule has 0 saturated carbocycles. The third kappa shape index (κ3) is 4.30. The molecule has 3 rings (SSSR count). The summed E-state index contributed by atoms with van der Waals surface area (Å²) in [5.41, 5.74) is 3.26. The molecular formula is C17H21N5O3.